The highest BCUT2D eigenvalue weighted by Gasteiger charge is 2.51. The predicted octanol–water partition coefficient (Wildman–Crippen LogP) is 5.90. The Bertz CT molecular complexity index is 1820. The van der Waals surface area contributed by atoms with Gasteiger partial charge in [-0.15, -0.1) is 0 Å². The number of carbonyl (C=O) groups excluding carboxylic acids is 3. The third-order valence-electron chi connectivity index (χ3n) is 13.7. The van der Waals surface area contributed by atoms with E-state index in [1.54, 1.807) is 19.1 Å². The number of benzene rings is 2. The number of methoxy groups -OCH3 is 1. The number of carbonyl (C=O) groups is 3. The maximum atomic E-state index is 14.8. The van der Waals surface area contributed by atoms with Crippen molar-refractivity contribution in [3.63, 3.8) is 0 Å². The van der Waals surface area contributed by atoms with Crippen molar-refractivity contribution in [3.05, 3.63) is 47.5 Å². The molecule has 0 radical (unpaired) electrons. The Hall–Kier alpha value is -3.75. The third kappa shape index (κ3) is 12.9. The number of amides is 3. The Kier molecular flexibility index (Phi) is 17.5. The molecule has 0 unspecified atom stereocenters. The highest BCUT2D eigenvalue weighted by atomic mass is 16.7. The average molecular weight is 864 g/mol. The van der Waals surface area contributed by atoms with Crippen LogP contribution in [0.4, 0.5) is 5.69 Å². The van der Waals surface area contributed by atoms with Crippen molar-refractivity contribution in [2.24, 2.45) is 34.5 Å². The molecule has 1 saturated carbocycles. The Morgan fingerprint density at radius 1 is 1.02 bits per heavy atom. The van der Waals surface area contributed by atoms with Gasteiger partial charge in [0.25, 0.3) is 5.91 Å². The molecule has 0 spiro atoms. The van der Waals surface area contributed by atoms with E-state index in [2.05, 4.69) is 76.2 Å². The van der Waals surface area contributed by atoms with Gasteiger partial charge in [-0.3, -0.25) is 19.2 Å². The van der Waals surface area contributed by atoms with Crippen molar-refractivity contribution in [1.29, 1.82) is 0 Å². The van der Waals surface area contributed by atoms with Gasteiger partial charge >= 0.3 is 0 Å². The van der Waals surface area contributed by atoms with Gasteiger partial charge in [-0.1, -0.05) is 73.6 Å². The first-order valence-corrected chi connectivity index (χ1v) is 22.6. The van der Waals surface area contributed by atoms with Crippen LogP contribution in [0.3, 0.4) is 0 Å². The van der Waals surface area contributed by atoms with Gasteiger partial charge in [-0.2, -0.15) is 5.06 Å². The lowest BCUT2D eigenvalue weighted by molar-refractivity contribution is -0.176. The second kappa shape index (κ2) is 21.3. The van der Waals surface area contributed by atoms with Crippen molar-refractivity contribution in [2.45, 2.75) is 118 Å². The minimum atomic E-state index is -0.924. The van der Waals surface area contributed by atoms with E-state index in [9.17, 15) is 19.5 Å². The molecule has 2 fully saturated rings. The number of hydrogen-bond acceptors (Lipinski definition) is 10. The largest absolute Gasteiger partial charge is 0.496 e. The molecule has 2 aliphatic rings. The SMILES string of the molecule is COc1c(CN2O[C@@H](CNC(=O)CCN(C)C)[C@@H]([C@H](C)O)[C@H]2C(=O)N[C@H]2C[C@@H](C)C(C)(C)[C@@H](C)[C@@H]2C)cccc1-c1cc(C(=O)N[C@H](CN(C)C)CC(C)(C)C)cc(N(C)C)c1. The van der Waals surface area contributed by atoms with Crippen LogP contribution in [-0.4, -0.2) is 137 Å². The van der Waals surface area contributed by atoms with Crippen molar-refractivity contribution >= 4 is 23.4 Å². The van der Waals surface area contributed by atoms with Crippen LogP contribution in [0.25, 0.3) is 11.1 Å². The van der Waals surface area contributed by atoms with Gasteiger partial charge in [-0.25, -0.2) is 0 Å². The normalized spacial score (nSPS) is 25.0. The van der Waals surface area contributed by atoms with Gasteiger partial charge in [0.15, 0.2) is 0 Å². The molecule has 0 bridgehead atoms. The van der Waals surface area contributed by atoms with Crippen LogP contribution < -0.4 is 25.6 Å². The molecule has 2 aromatic rings. The Morgan fingerprint density at radius 2 is 1.69 bits per heavy atom. The fraction of sp³-hybridized carbons (Fsp3) is 0.694. The van der Waals surface area contributed by atoms with Crippen LogP contribution in [0.15, 0.2) is 36.4 Å². The molecule has 1 heterocycles. The summed E-state index contributed by atoms with van der Waals surface area (Å²) in [7, 11) is 13.4. The van der Waals surface area contributed by atoms with Crippen LogP contribution >= 0.6 is 0 Å². The van der Waals surface area contributed by atoms with Crippen molar-refractivity contribution in [2.75, 3.05) is 73.9 Å². The van der Waals surface area contributed by atoms with Crippen LogP contribution in [0.2, 0.25) is 0 Å². The highest BCUT2D eigenvalue weighted by molar-refractivity contribution is 5.97. The maximum absolute atomic E-state index is 14.8. The zero-order chi connectivity index (χ0) is 46.4. The average Bonchev–Trinajstić information content (AvgIpc) is 3.54. The van der Waals surface area contributed by atoms with E-state index in [4.69, 9.17) is 9.57 Å². The summed E-state index contributed by atoms with van der Waals surface area (Å²) in [5.74, 6) is 0.444. The minimum absolute atomic E-state index is 0.0227. The van der Waals surface area contributed by atoms with Crippen molar-refractivity contribution in [1.82, 2.24) is 30.8 Å². The Balaban J connectivity index is 1.74. The first kappa shape index (κ1) is 50.9. The quantitative estimate of drug-likeness (QED) is 0.144. The number of nitrogens with zero attached hydrogens (tertiary/aromatic N) is 4. The topological polar surface area (TPSA) is 139 Å². The highest BCUT2D eigenvalue weighted by Crippen LogP contribution is 2.48. The van der Waals surface area contributed by atoms with Gasteiger partial charge in [0.05, 0.1) is 19.8 Å². The van der Waals surface area contributed by atoms with Gasteiger partial charge in [0.2, 0.25) is 11.8 Å². The molecule has 348 valence electrons. The lowest BCUT2D eigenvalue weighted by Crippen LogP contribution is -2.57. The predicted molar refractivity (Wildman–Crippen MR) is 250 cm³/mol. The van der Waals surface area contributed by atoms with E-state index >= 15 is 0 Å². The molecule has 3 amide bonds. The Morgan fingerprint density at radius 3 is 2.27 bits per heavy atom. The van der Waals surface area contributed by atoms with Crippen LogP contribution in [0.1, 0.15) is 97.5 Å². The molecule has 13 nitrogen and oxygen atoms in total. The van der Waals surface area contributed by atoms with E-state index in [0.29, 0.717) is 42.7 Å². The summed E-state index contributed by atoms with van der Waals surface area (Å²) < 4.78 is 6.19. The minimum Gasteiger partial charge on any atom is -0.496 e. The second-order valence-corrected chi connectivity index (χ2v) is 20.9. The van der Waals surface area contributed by atoms with E-state index in [1.165, 1.54) is 0 Å². The Labute approximate surface area is 373 Å². The fourth-order valence-electron chi connectivity index (χ4n) is 9.47. The molecular weight excluding hydrogens is 783 g/mol. The molecule has 1 saturated heterocycles. The van der Waals surface area contributed by atoms with Crippen LogP contribution in [0.5, 0.6) is 5.75 Å². The molecular formula is C49H81N7O6. The number of likely N-dealkylation sites (N-methyl/N-ethyl adjacent to an activating group) is 1. The molecule has 13 heteroatoms. The van der Waals surface area contributed by atoms with Crippen LogP contribution in [-0.2, 0) is 21.0 Å². The van der Waals surface area contributed by atoms with Gasteiger partial charge < -0.3 is 40.5 Å². The van der Waals surface area contributed by atoms with E-state index in [1.807, 2.05) is 88.5 Å². The molecule has 62 heavy (non-hydrogen) atoms. The van der Waals surface area contributed by atoms with Gasteiger partial charge in [0.1, 0.15) is 17.9 Å². The monoisotopic (exact) mass is 864 g/mol. The zero-order valence-corrected chi connectivity index (χ0v) is 40.9. The van der Waals surface area contributed by atoms with E-state index < -0.39 is 24.2 Å². The summed E-state index contributed by atoms with van der Waals surface area (Å²) in [6.45, 7) is 21.2. The molecule has 4 N–H and O–H groups in total. The number of aliphatic hydroxyl groups excluding tert-OH is 1. The zero-order valence-electron chi connectivity index (χ0n) is 40.9. The molecule has 1 aliphatic carbocycles. The first-order valence-electron chi connectivity index (χ1n) is 22.6. The summed E-state index contributed by atoms with van der Waals surface area (Å²) in [6.07, 6.45) is 0.385. The smallest absolute Gasteiger partial charge is 0.251 e. The lowest BCUT2D eigenvalue weighted by atomic mass is 9.58. The molecule has 4 rings (SSSR count). The lowest BCUT2D eigenvalue weighted by Gasteiger charge is -2.50. The number of nitrogens with one attached hydrogen (secondary N) is 3. The fourth-order valence-corrected chi connectivity index (χ4v) is 9.47. The van der Waals surface area contributed by atoms with Gasteiger partial charge in [-0.05, 0) is 100 Å². The van der Waals surface area contributed by atoms with E-state index in [-0.39, 0.29) is 59.6 Å². The molecule has 1 aliphatic heterocycles. The number of aliphatic hydroxyl groups is 1. The number of rotatable bonds is 18. The standard InChI is InChI=1S/C49H81N7O6/c1-30-22-40(31(2)32(3)49(30,8)9)52-47(60)44-43(33(4)57)41(27-50-42(58)20-21-53(10)11)62-56(44)28-34-18-17-19-39(45(34)61-16)35-23-36(25-38(24-35)55(14)15)46(59)51-37(29-54(12)13)26-48(5,6)7/h17-19,23-25,30-33,37,40-41,43-44,57H,20-22,26-29H2,1-16H3,(H,50,58)(H,51,59)(H,52,60)/t30-,31+,32+,33+,37+,40+,41+,43-,44+/m1/s1. The molecule has 9 atom stereocenters. The first-order chi connectivity index (χ1) is 28.8. The van der Waals surface area contributed by atoms with Crippen LogP contribution in [0, 0.1) is 34.5 Å². The third-order valence-corrected chi connectivity index (χ3v) is 13.7. The summed E-state index contributed by atoms with van der Waals surface area (Å²) in [5, 5.41) is 22.8. The number of para-hydroxylation sites is 1. The number of hydrogen-bond donors (Lipinski definition) is 4. The summed E-state index contributed by atoms with van der Waals surface area (Å²) >= 11 is 0. The number of anilines is 1. The second-order valence-electron chi connectivity index (χ2n) is 20.9. The van der Waals surface area contributed by atoms with Gasteiger partial charge in [0, 0.05) is 80.5 Å². The summed E-state index contributed by atoms with van der Waals surface area (Å²) in [5.41, 5.74) is 3.88. The summed E-state index contributed by atoms with van der Waals surface area (Å²) in [6, 6.07) is 10.8. The van der Waals surface area contributed by atoms with E-state index in [0.717, 1.165) is 35.2 Å². The summed E-state index contributed by atoms with van der Waals surface area (Å²) in [4.78, 5) is 54.4. The maximum Gasteiger partial charge on any atom is 0.251 e. The molecule has 2 aromatic carbocycles. The number of ether oxygens (including phenoxy) is 1. The van der Waals surface area contributed by atoms with Crippen molar-refractivity contribution in [3.8, 4) is 16.9 Å². The van der Waals surface area contributed by atoms with Crippen molar-refractivity contribution < 1.29 is 29.1 Å². The molecule has 0 aromatic heterocycles. The number of hydroxylamine groups is 2.